The fourth-order valence-corrected chi connectivity index (χ4v) is 3.79. The van der Waals surface area contributed by atoms with E-state index < -0.39 is 6.43 Å². The van der Waals surface area contributed by atoms with E-state index in [4.69, 9.17) is 4.74 Å². The SMILES string of the molecule is Fc1ccc(-n2cnc(Nc3cc(C(F)F)cc(N4CCN(C5COC5)CC4)n3)n2)cc1. The van der Waals surface area contributed by atoms with E-state index in [2.05, 4.69) is 25.3 Å². The first kappa shape index (κ1) is 20.7. The molecule has 168 valence electrons. The van der Waals surface area contributed by atoms with Gasteiger partial charge in [0.15, 0.2) is 0 Å². The molecule has 3 aromatic rings. The van der Waals surface area contributed by atoms with Gasteiger partial charge >= 0.3 is 0 Å². The first-order chi connectivity index (χ1) is 15.5. The van der Waals surface area contributed by atoms with Crippen LogP contribution in [0.2, 0.25) is 0 Å². The summed E-state index contributed by atoms with van der Waals surface area (Å²) in [5, 5.41) is 7.19. The highest BCUT2D eigenvalue weighted by Gasteiger charge is 2.29. The number of hydrogen-bond acceptors (Lipinski definition) is 7. The van der Waals surface area contributed by atoms with Gasteiger partial charge in [-0.3, -0.25) is 4.90 Å². The van der Waals surface area contributed by atoms with Gasteiger partial charge in [0.2, 0.25) is 5.95 Å². The number of piperazine rings is 1. The minimum absolute atomic E-state index is 0.120. The van der Waals surface area contributed by atoms with Crippen LogP contribution >= 0.6 is 0 Å². The second-order valence-electron chi connectivity index (χ2n) is 7.77. The van der Waals surface area contributed by atoms with Crippen molar-refractivity contribution in [3.63, 3.8) is 0 Å². The minimum atomic E-state index is -2.63. The Labute approximate surface area is 182 Å². The number of benzene rings is 1. The summed E-state index contributed by atoms with van der Waals surface area (Å²) < 4.78 is 47.0. The van der Waals surface area contributed by atoms with Gasteiger partial charge in [-0.15, -0.1) is 5.10 Å². The van der Waals surface area contributed by atoms with Crippen molar-refractivity contribution in [1.82, 2.24) is 24.6 Å². The van der Waals surface area contributed by atoms with Gasteiger partial charge in [-0.1, -0.05) is 0 Å². The van der Waals surface area contributed by atoms with Crippen molar-refractivity contribution in [2.75, 3.05) is 49.6 Å². The lowest BCUT2D eigenvalue weighted by atomic mass is 10.1. The molecular weight excluding hydrogens is 423 g/mol. The highest BCUT2D eigenvalue weighted by Crippen LogP contribution is 2.28. The molecule has 2 aliphatic heterocycles. The molecule has 1 aromatic carbocycles. The Bertz CT molecular complexity index is 1060. The lowest BCUT2D eigenvalue weighted by molar-refractivity contribution is -0.0661. The van der Waals surface area contributed by atoms with Gasteiger partial charge in [-0.2, -0.15) is 4.98 Å². The van der Waals surface area contributed by atoms with E-state index in [1.54, 1.807) is 12.1 Å². The monoisotopic (exact) mass is 445 g/mol. The van der Waals surface area contributed by atoms with Crippen LogP contribution in [0.3, 0.4) is 0 Å². The van der Waals surface area contributed by atoms with Crippen LogP contribution in [0.5, 0.6) is 0 Å². The van der Waals surface area contributed by atoms with Gasteiger partial charge in [0.1, 0.15) is 23.8 Å². The first-order valence-corrected chi connectivity index (χ1v) is 10.4. The fourth-order valence-electron chi connectivity index (χ4n) is 3.79. The Morgan fingerprint density at radius 2 is 1.78 bits per heavy atom. The maximum Gasteiger partial charge on any atom is 0.264 e. The molecule has 32 heavy (non-hydrogen) atoms. The smallest absolute Gasteiger partial charge is 0.264 e. The summed E-state index contributed by atoms with van der Waals surface area (Å²) in [7, 11) is 0. The van der Waals surface area contributed by atoms with Gasteiger partial charge in [-0.25, -0.2) is 22.8 Å². The zero-order chi connectivity index (χ0) is 22.1. The Kier molecular flexibility index (Phi) is 5.66. The van der Waals surface area contributed by atoms with E-state index in [1.807, 2.05) is 4.90 Å². The lowest BCUT2D eigenvalue weighted by Gasteiger charge is -2.42. The summed E-state index contributed by atoms with van der Waals surface area (Å²) >= 11 is 0. The largest absolute Gasteiger partial charge is 0.378 e. The molecule has 0 saturated carbocycles. The van der Waals surface area contributed by atoms with Crippen LogP contribution in [0.4, 0.5) is 30.8 Å². The standard InChI is InChI=1S/C21H22F3N7O/c22-15-1-3-16(4-2-15)31-13-25-21(28-31)27-18-9-14(20(23)24)10-19(26-18)30-7-5-29(6-8-30)17-11-32-12-17/h1-4,9-10,13,17,20H,5-8,11-12H2,(H,26,27,28). The highest BCUT2D eigenvalue weighted by atomic mass is 19.3. The molecule has 0 unspecified atom stereocenters. The van der Waals surface area contributed by atoms with Crippen molar-refractivity contribution in [2.24, 2.45) is 0 Å². The number of aromatic nitrogens is 4. The molecule has 4 heterocycles. The van der Waals surface area contributed by atoms with Crippen LogP contribution in [-0.4, -0.2) is 70.1 Å². The molecule has 0 radical (unpaired) electrons. The van der Waals surface area contributed by atoms with Gasteiger partial charge < -0.3 is 15.0 Å². The number of rotatable bonds is 6. The van der Waals surface area contributed by atoms with Crippen molar-refractivity contribution in [3.8, 4) is 5.69 Å². The average molecular weight is 445 g/mol. The fraction of sp³-hybridized carbons (Fsp3) is 0.381. The molecule has 0 bridgehead atoms. The quantitative estimate of drug-likeness (QED) is 0.626. The second-order valence-corrected chi connectivity index (χ2v) is 7.77. The van der Waals surface area contributed by atoms with Crippen molar-refractivity contribution in [2.45, 2.75) is 12.5 Å². The molecule has 11 heteroatoms. The van der Waals surface area contributed by atoms with Crippen LogP contribution in [0.1, 0.15) is 12.0 Å². The van der Waals surface area contributed by atoms with E-state index in [0.29, 0.717) is 30.6 Å². The normalized spacial score (nSPS) is 17.6. The number of hydrogen-bond donors (Lipinski definition) is 1. The van der Waals surface area contributed by atoms with E-state index in [0.717, 1.165) is 26.3 Å². The van der Waals surface area contributed by atoms with Gasteiger partial charge in [0, 0.05) is 31.7 Å². The summed E-state index contributed by atoms with van der Waals surface area (Å²) in [6.07, 6.45) is -1.17. The third kappa shape index (κ3) is 4.39. The second kappa shape index (κ2) is 8.75. The molecule has 0 aliphatic carbocycles. The predicted molar refractivity (Wildman–Crippen MR) is 112 cm³/mol. The molecule has 0 atom stereocenters. The summed E-state index contributed by atoms with van der Waals surface area (Å²) in [5.41, 5.74) is 0.502. The van der Waals surface area contributed by atoms with Crippen molar-refractivity contribution in [3.05, 3.63) is 54.1 Å². The molecule has 2 aliphatic rings. The molecule has 2 saturated heterocycles. The molecular formula is C21H22F3N7O. The molecule has 1 N–H and O–H groups in total. The number of nitrogens with zero attached hydrogens (tertiary/aromatic N) is 6. The Morgan fingerprint density at radius 1 is 1.03 bits per heavy atom. The third-order valence-electron chi connectivity index (χ3n) is 5.68. The number of halogens is 3. The number of pyridine rings is 1. The lowest BCUT2D eigenvalue weighted by Crippen LogP contribution is -2.56. The Morgan fingerprint density at radius 3 is 2.44 bits per heavy atom. The molecule has 5 rings (SSSR count). The third-order valence-corrected chi connectivity index (χ3v) is 5.68. The summed E-state index contributed by atoms with van der Waals surface area (Å²) in [5.74, 6) is 0.584. The zero-order valence-corrected chi connectivity index (χ0v) is 17.2. The number of ether oxygens (including phenoxy) is 1. The van der Waals surface area contributed by atoms with Crippen LogP contribution < -0.4 is 10.2 Å². The number of nitrogens with one attached hydrogen (secondary N) is 1. The Hall–Kier alpha value is -3.18. The van der Waals surface area contributed by atoms with Crippen molar-refractivity contribution < 1.29 is 17.9 Å². The van der Waals surface area contributed by atoms with Crippen LogP contribution in [-0.2, 0) is 4.74 Å². The minimum Gasteiger partial charge on any atom is -0.378 e. The molecule has 8 nitrogen and oxygen atoms in total. The first-order valence-electron chi connectivity index (χ1n) is 10.4. The summed E-state index contributed by atoms with van der Waals surface area (Å²) in [4.78, 5) is 13.1. The molecule has 2 aromatic heterocycles. The van der Waals surface area contributed by atoms with E-state index >= 15 is 0 Å². The van der Waals surface area contributed by atoms with E-state index in [1.165, 1.54) is 35.3 Å². The maximum absolute atomic E-state index is 13.6. The molecule has 0 spiro atoms. The summed E-state index contributed by atoms with van der Waals surface area (Å²) in [6.45, 7) is 4.58. The maximum atomic E-state index is 13.6. The Balaban J connectivity index is 1.33. The zero-order valence-electron chi connectivity index (χ0n) is 17.2. The van der Waals surface area contributed by atoms with E-state index in [9.17, 15) is 13.2 Å². The van der Waals surface area contributed by atoms with Crippen molar-refractivity contribution >= 4 is 17.6 Å². The van der Waals surface area contributed by atoms with Crippen LogP contribution in [0, 0.1) is 5.82 Å². The van der Waals surface area contributed by atoms with Crippen LogP contribution in [0.25, 0.3) is 5.69 Å². The number of anilines is 3. The van der Waals surface area contributed by atoms with Gasteiger partial charge in [0.25, 0.3) is 6.43 Å². The van der Waals surface area contributed by atoms with Gasteiger partial charge in [-0.05, 0) is 36.4 Å². The predicted octanol–water partition coefficient (Wildman–Crippen LogP) is 3.00. The summed E-state index contributed by atoms with van der Waals surface area (Å²) in [6, 6.07) is 8.96. The van der Waals surface area contributed by atoms with Crippen molar-refractivity contribution in [1.29, 1.82) is 0 Å². The highest BCUT2D eigenvalue weighted by molar-refractivity contribution is 5.56. The molecule has 0 amide bonds. The average Bonchev–Trinajstić information content (AvgIpc) is 3.22. The van der Waals surface area contributed by atoms with Gasteiger partial charge in [0.05, 0.1) is 24.9 Å². The topological polar surface area (TPSA) is 71.3 Å². The van der Waals surface area contributed by atoms with E-state index in [-0.39, 0.29) is 23.1 Å². The van der Waals surface area contributed by atoms with Crippen LogP contribution in [0.15, 0.2) is 42.7 Å². The number of alkyl halides is 2. The molecule has 2 fully saturated rings.